The third kappa shape index (κ3) is 2.36. The van der Waals surface area contributed by atoms with Crippen LogP contribution in [0.25, 0.3) is 6.08 Å². The second-order valence-corrected chi connectivity index (χ2v) is 4.09. The lowest BCUT2D eigenvalue weighted by molar-refractivity contribution is 0.136. The van der Waals surface area contributed by atoms with E-state index in [9.17, 15) is 10.2 Å². The highest BCUT2D eigenvalue weighted by molar-refractivity contribution is 5.50. The van der Waals surface area contributed by atoms with Gasteiger partial charge in [0.05, 0.1) is 12.6 Å². The zero-order valence-electron chi connectivity index (χ0n) is 9.21. The summed E-state index contributed by atoms with van der Waals surface area (Å²) in [5.74, 6) is 0.253. The third-order valence-corrected chi connectivity index (χ3v) is 2.98. The van der Waals surface area contributed by atoms with Gasteiger partial charge in [0.1, 0.15) is 0 Å². The molecule has 1 saturated heterocycles. The Morgan fingerprint density at radius 2 is 2.12 bits per heavy atom. The molecule has 0 aliphatic carbocycles. The molecule has 86 valence electrons. The van der Waals surface area contributed by atoms with Crippen LogP contribution in [0.5, 0.6) is 0 Å². The number of hydrogen-bond acceptors (Lipinski definition) is 3. The molecule has 1 aliphatic rings. The summed E-state index contributed by atoms with van der Waals surface area (Å²) in [5.41, 5.74) is 0.976. The molecule has 0 amide bonds. The first-order valence-corrected chi connectivity index (χ1v) is 5.64. The molecule has 0 unspecified atom stereocenters. The Hall–Kier alpha value is -1.48. The number of likely N-dealkylation sites (tertiary alicyclic amines) is 1. The van der Waals surface area contributed by atoms with Crippen molar-refractivity contribution < 1.29 is 10.2 Å². The Morgan fingerprint density at radius 3 is 2.81 bits per heavy atom. The smallest absolute Gasteiger partial charge is 0.187 e. The lowest BCUT2D eigenvalue weighted by atomic mass is 10.2. The molecule has 3 heteroatoms. The molecule has 0 spiro atoms. The van der Waals surface area contributed by atoms with Crippen molar-refractivity contribution in [3.8, 4) is 0 Å². The number of rotatable bonds is 3. The number of nitrogens with zero attached hydrogens (tertiary/aromatic N) is 1. The van der Waals surface area contributed by atoms with Crippen LogP contribution in [0.2, 0.25) is 0 Å². The molecule has 0 saturated carbocycles. The van der Waals surface area contributed by atoms with Crippen LogP contribution in [0.4, 0.5) is 0 Å². The van der Waals surface area contributed by atoms with Crippen LogP contribution in [0.1, 0.15) is 18.4 Å². The molecule has 1 aliphatic heterocycles. The summed E-state index contributed by atoms with van der Waals surface area (Å²) in [7, 11) is 0. The first kappa shape index (κ1) is 11.0. The zero-order valence-corrected chi connectivity index (χ0v) is 9.21. The number of aliphatic hydroxyl groups excluding tert-OH is 2. The predicted octanol–water partition coefficient (Wildman–Crippen LogP) is 2.00. The van der Waals surface area contributed by atoms with Crippen molar-refractivity contribution in [2.75, 3.05) is 13.2 Å². The Bertz CT molecular complexity index is 361. The van der Waals surface area contributed by atoms with E-state index in [1.165, 1.54) is 0 Å². The summed E-state index contributed by atoms with van der Waals surface area (Å²) in [4.78, 5) is 1.87. The minimum Gasteiger partial charge on any atom is -0.495 e. The number of benzene rings is 1. The standard InChI is InChI=1S/C13H17NO2/c15-10-12-7-4-8-14(12)13(16)9-11-5-2-1-3-6-11/h1-3,5-6,9,12,15-16H,4,7-8,10H2/b13-9+/t12-/m0/s1. The molecule has 1 heterocycles. The van der Waals surface area contributed by atoms with E-state index in [-0.39, 0.29) is 18.5 Å². The molecule has 1 aromatic carbocycles. The highest BCUT2D eigenvalue weighted by atomic mass is 16.3. The van der Waals surface area contributed by atoms with Gasteiger partial charge in [-0.3, -0.25) is 0 Å². The molecule has 0 radical (unpaired) electrons. The van der Waals surface area contributed by atoms with Gasteiger partial charge in [0.25, 0.3) is 0 Å². The van der Waals surface area contributed by atoms with Crippen molar-refractivity contribution in [1.82, 2.24) is 4.90 Å². The Kier molecular flexibility index (Phi) is 3.47. The van der Waals surface area contributed by atoms with Gasteiger partial charge in [-0.05, 0) is 18.4 Å². The summed E-state index contributed by atoms with van der Waals surface area (Å²) in [6.45, 7) is 0.924. The fourth-order valence-electron chi connectivity index (χ4n) is 2.11. The minimum absolute atomic E-state index is 0.0694. The highest BCUT2D eigenvalue weighted by Gasteiger charge is 2.25. The molecule has 2 rings (SSSR count). The molecule has 0 aromatic heterocycles. The molecular weight excluding hydrogens is 202 g/mol. The highest BCUT2D eigenvalue weighted by Crippen LogP contribution is 2.21. The maximum absolute atomic E-state index is 9.98. The second kappa shape index (κ2) is 5.03. The monoisotopic (exact) mass is 219 g/mol. The molecule has 2 N–H and O–H groups in total. The van der Waals surface area contributed by atoms with E-state index >= 15 is 0 Å². The van der Waals surface area contributed by atoms with E-state index in [0.29, 0.717) is 0 Å². The first-order valence-electron chi connectivity index (χ1n) is 5.64. The van der Waals surface area contributed by atoms with E-state index < -0.39 is 0 Å². The Balaban J connectivity index is 2.12. The van der Waals surface area contributed by atoms with Crippen molar-refractivity contribution in [3.63, 3.8) is 0 Å². The SMILES string of the molecule is OC[C@@H]1CCCN1/C(O)=C\c1ccccc1. The van der Waals surface area contributed by atoms with Gasteiger partial charge >= 0.3 is 0 Å². The van der Waals surface area contributed by atoms with E-state index in [4.69, 9.17) is 0 Å². The van der Waals surface area contributed by atoms with Crippen LogP contribution in [0.15, 0.2) is 36.2 Å². The Morgan fingerprint density at radius 1 is 1.38 bits per heavy atom. The van der Waals surface area contributed by atoms with Crippen LogP contribution in [-0.2, 0) is 0 Å². The number of hydrogen-bond donors (Lipinski definition) is 2. The molecule has 1 atom stereocenters. The average molecular weight is 219 g/mol. The van der Waals surface area contributed by atoms with Gasteiger partial charge in [0.15, 0.2) is 5.88 Å². The van der Waals surface area contributed by atoms with Gasteiger partial charge < -0.3 is 15.1 Å². The van der Waals surface area contributed by atoms with Crippen molar-refractivity contribution in [2.24, 2.45) is 0 Å². The van der Waals surface area contributed by atoms with E-state index in [1.54, 1.807) is 6.08 Å². The van der Waals surface area contributed by atoms with Gasteiger partial charge in [0.2, 0.25) is 0 Å². The third-order valence-electron chi connectivity index (χ3n) is 2.98. The van der Waals surface area contributed by atoms with Crippen LogP contribution in [0.3, 0.4) is 0 Å². The van der Waals surface area contributed by atoms with Crippen molar-refractivity contribution >= 4 is 6.08 Å². The Labute approximate surface area is 95.6 Å². The molecule has 1 aromatic rings. The minimum atomic E-state index is 0.0694. The topological polar surface area (TPSA) is 43.7 Å². The van der Waals surface area contributed by atoms with Gasteiger partial charge in [-0.2, -0.15) is 0 Å². The van der Waals surface area contributed by atoms with Crippen LogP contribution >= 0.6 is 0 Å². The van der Waals surface area contributed by atoms with Crippen molar-refractivity contribution in [1.29, 1.82) is 0 Å². The van der Waals surface area contributed by atoms with Gasteiger partial charge in [0, 0.05) is 12.6 Å². The number of aliphatic hydroxyl groups is 2. The summed E-state index contributed by atoms with van der Waals surface area (Å²) in [6.07, 6.45) is 3.72. The van der Waals surface area contributed by atoms with Crippen LogP contribution in [-0.4, -0.2) is 34.3 Å². The van der Waals surface area contributed by atoms with Crippen LogP contribution < -0.4 is 0 Å². The van der Waals surface area contributed by atoms with Crippen LogP contribution in [0, 0.1) is 0 Å². The molecule has 0 bridgehead atoms. The largest absolute Gasteiger partial charge is 0.495 e. The maximum atomic E-state index is 9.98. The van der Waals surface area contributed by atoms with Gasteiger partial charge in [-0.1, -0.05) is 30.3 Å². The van der Waals surface area contributed by atoms with Crippen molar-refractivity contribution in [2.45, 2.75) is 18.9 Å². The normalized spacial score (nSPS) is 21.4. The second-order valence-electron chi connectivity index (χ2n) is 4.09. The van der Waals surface area contributed by atoms with Gasteiger partial charge in [-0.25, -0.2) is 0 Å². The molecular formula is C13H17NO2. The summed E-state index contributed by atoms with van der Waals surface area (Å²) in [5, 5.41) is 19.2. The van der Waals surface area contributed by atoms with E-state index in [0.717, 1.165) is 24.9 Å². The predicted molar refractivity (Wildman–Crippen MR) is 63.9 cm³/mol. The average Bonchev–Trinajstić information content (AvgIpc) is 2.78. The quantitative estimate of drug-likeness (QED) is 0.764. The summed E-state index contributed by atoms with van der Waals surface area (Å²) < 4.78 is 0. The summed E-state index contributed by atoms with van der Waals surface area (Å²) >= 11 is 0. The maximum Gasteiger partial charge on any atom is 0.187 e. The molecule has 3 nitrogen and oxygen atoms in total. The van der Waals surface area contributed by atoms with E-state index in [1.807, 2.05) is 35.2 Å². The molecule has 16 heavy (non-hydrogen) atoms. The fraction of sp³-hybridized carbons (Fsp3) is 0.385. The zero-order chi connectivity index (χ0) is 11.4. The van der Waals surface area contributed by atoms with Crippen molar-refractivity contribution in [3.05, 3.63) is 41.8 Å². The summed E-state index contributed by atoms with van der Waals surface area (Å²) in [6, 6.07) is 9.78. The lowest BCUT2D eigenvalue weighted by Gasteiger charge is -2.23. The first-order chi connectivity index (χ1) is 7.81. The molecule has 1 fully saturated rings. The lowest BCUT2D eigenvalue weighted by Crippen LogP contribution is -2.31. The fourth-order valence-corrected chi connectivity index (χ4v) is 2.11. The van der Waals surface area contributed by atoms with E-state index in [2.05, 4.69) is 0 Å². The van der Waals surface area contributed by atoms with Gasteiger partial charge in [-0.15, -0.1) is 0 Å².